The Bertz CT molecular complexity index is 812. The van der Waals surface area contributed by atoms with Gasteiger partial charge in [0.05, 0.1) is 17.7 Å². The van der Waals surface area contributed by atoms with Crippen LogP contribution in [0.3, 0.4) is 0 Å². The summed E-state index contributed by atoms with van der Waals surface area (Å²) in [7, 11) is 0. The van der Waals surface area contributed by atoms with Gasteiger partial charge in [-0.3, -0.25) is 4.90 Å². The molecule has 1 aliphatic rings. The van der Waals surface area contributed by atoms with E-state index in [4.69, 9.17) is 28.6 Å². The smallest absolute Gasteiger partial charge is 0.170 e. The standard InChI is InChI=1S/C22H27ClFN3OS/c1-2-28-18-9-6-16(7-10-18)21(27-12-4-3-5-13-27)15-25-22(29)26-17-8-11-20(24)19(23)14-17/h6-11,14,21H,2-5,12-13,15H2,1H3,(H2,25,26,29). The van der Waals surface area contributed by atoms with Crippen molar-refractivity contribution in [3.05, 3.63) is 58.9 Å². The molecule has 0 amide bonds. The normalized spacial score (nSPS) is 15.6. The van der Waals surface area contributed by atoms with E-state index in [1.807, 2.05) is 19.1 Å². The minimum absolute atomic E-state index is 0.0679. The predicted octanol–water partition coefficient (Wildman–Crippen LogP) is 5.39. The van der Waals surface area contributed by atoms with Gasteiger partial charge in [0.1, 0.15) is 11.6 Å². The minimum Gasteiger partial charge on any atom is -0.494 e. The number of thiocarbonyl (C=S) groups is 1. The van der Waals surface area contributed by atoms with E-state index in [1.54, 1.807) is 6.07 Å². The average molecular weight is 436 g/mol. The van der Waals surface area contributed by atoms with E-state index < -0.39 is 5.82 Å². The number of nitrogens with zero attached hydrogens (tertiary/aromatic N) is 1. The first-order chi connectivity index (χ1) is 14.1. The lowest BCUT2D eigenvalue weighted by Crippen LogP contribution is -2.41. The Balaban J connectivity index is 1.65. The fraction of sp³-hybridized carbons (Fsp3) is 0.409. The Morgan fingerprint density at radius 3 is 2.55 bits per heavy atom. The summed E-state index contributed by atoms with van der Waals surface area (Å²) in [6.45, 7) is 5.47. The van der Waals surface area contributed by atoms with Crippen LogP contribution >= 0.6 is 23.8 Å². The van der Waals surface area contributed by atoms with Crippen LogP contribution in [0.15, 0.2) is 42.5 Å². The van der Waals surface area contributed by atoms with Gasteiger partial charge in [0.15, 0.2) is 5.11 Å². The van der Waals surface area contributed by atoms with E-state index in [-0.39, 0.29) is 11.1 Å². The highest BCUT2D eigenvalue weighted by Gasteiger charge is 2.22. The van der Waals surface area contributed by atoms with Crippen molar-refractivity contribution in [2.24, 2.45) is 0 Å². The van der Waals surface area contributed by atoms with Gasteiger partial charge in [-0.2, -0.15) is 0 Å². The number of hydrogen-bond donors (Lipinski definition) is 2. The van der Waals surface area contributed by atoms with E-state index in [9.17, 15) is 4.39 Å². The maximum atomic E-state index is 13.3. The summed E-state index contributed by atoms with van der Waals surface area (Å²) in [6.07, 6.45) is 3.71. The average Bonchev–Trinajstić information content (AvgIpc) is 2.73. The first kappa shape index (κ1) is 21.8. The molecule has 1 fully saturated rings. The summed E-state index contributed by atoms with van der Waals surface area (Å²) in [5.41, 5.74) is 1.89. The van der Waals surface area contributed by atoms with Gasteiger partial charge >= 0.3 is 0 Å². The van der Waals surface area contributed by atoms with Crippen LogP contribution in [-0.4, -0.2) is 36.3 Å². The van der Waals surface area contributed by atoms with Gasteiger partial charge in [-0.1, -0.05) is 30.2 Å². The molecule has 156 valence electrons. The number of ether oxygens (including phenoxy) is 1. The second-order valence-electron chi connectivity index (χ2n) is 7.08. The van der Waals surface area contributed by atoms with E-state index >= 15 is 0 Å². The van der Waals surface area contributed by atoms with Gasteiger partial charge in [-0.15, -0.1) is 0 Å². The van der Waals surface area contributed by atoms with Gasteiger partial charge in [-0.25, -0.2) is 4.39 Å². The molecule has 4 nitrogen and oxygen atoms in total. The third kappa shape index (κ3) is 6.29. The van der Waals surface area contributed by atoms with Gasteiger partial charge in [0.2, 0.25) is 0 Å². The summed E-state index contributed by atoms with van der Waals surface area (Å²) in [5.74, 6) is 0.434. The van der Waals surface area contributed by atoms with Crippen LogP contribution < -0.4 is 15.4 Å². The minimum atomic E-state index is -0.447. The van der Waals surface area contributed by atoms with E-state index in [2.05, 4.69) is 27.7 Å². The summed E-state index contributed by atoms with van der Waals surface area (Å²) < 4.78 is 18.9. The molecule has 1 heterocycles. The first-order valence-corrected chi connectivity index (χ1v) is 10.8. The maximum Gasteiger partial charge on any atom is 0.170 e. The fourth-order valence-electron chi connectivity index (χ4n) is 3.58. The van der Waals surface area contributed by atoms with Gasteiger partial charge in [0, 0.05) is 12.2 Å². The van der Waals surface area contributed by atoms with Crippen molar-refractivity contribution in [1.82, 2.24) is 10.2 Å². The highest BCUT2D eigenvalue weighted by atomic mass is 35.5. The molecular formula is C22H27ClFN3OS. The van der Waals surface area contributed by atoms with Crippen molar-refractivity contribution in [3.63, 3.8) is 0 Å². The zero-order valence-corrected chi connectivity index (χ0v) is 18.2. The molecule has 3 rings (SSSR count). The molecule has 0 aromatic heterocycles. The molecule has 0 saturated carbocycles. The topological polar surface area (TPSA) is 36.5 Å². The molecule has 0 aliphatic carbocycles. The Morgan fingerprint density at radius 1 is 1.17 bits per heavy atom. The number of anilines is 1. The fourth-order valence-corrected chi connectivity index (χ4v) is 3.96. The van der Waals surface area contributed by atoms with Crippen LogP contribution in [0.1, 0.15) is 37.8 Å². The molecule has 2 aromatic rings. The number of nitrogens with one attached hydrogen (secondary N) is 2. The summed E-state index contributed by atoms with van der Waals surface area (Å²) >= 11 is 11.3. The largest absolute Gasteiger partial charge is 0.494 e. The molecule has 1 atom stereocenters. The number of rotatable bonds is 7. The van der Waals surface area contributed by atoms with Crippen LogP contribution in [0.25, 0.3) is 0 Å². The third-order valence-corrected chi connectivity index (χ3v) is 5.58. The second kappa shape index (κ2) is 10.8. The molecule has 2 N–H and O–H groups in total. The number of benzene rings is 2. The number of piperidine rings is 1. The lowest BCUT2D eigenvalue weighted by molar-refractivity contribution is 0.164. The lowest BCUT2D eigenvalue weighted by Gasteiger charge is -2.35. The second-order valence-corrected chi connectivity index (χ2v) is 7.89. The van der Waals surface area contributed by atoms with Crippen LogP contribution in [0.5, 0.6) is 5.75 Å². The van der Waals surface area contributed by atoms with Crippen LogP contribution in [0, 0.1) is 5.82 Å². The SMILES string of the molecule is CCOc1ccc(C(CNC(=S)Nc2ccc(F)c(Cl)c2)N2CCCCC2)cc1. The molecule has 0 radical (unpaired) electrons. The lowest BCUT2D eigenvalue weighted by atomic mass is 10.0. The quantitative estimate of drug-likeness (QED) is 0.570. The monoisotopic (exact) mass is 435 g/mol. The molecule has 1 unspecified atom stereocenters. The highest BCUT2D eigenvalue weighted by Crippen LogP contribution is 2.26. The molecule has 0 spiro atoms. The van der Waals surface area contributed by atoms with Crippen molar-refractivity contribution in [2.45, 2.75) is 32.2 Å². The molecular weight excluding hydrogens is 409 g/mol. The molecule has 1 saturated heterocycles. The molecule has 0 bridgehead atoms. The van der Waals surface area contributed by atoms with Gasteiger partial charge in [0.25, 0.3) is 0 Å². The molecule has 2 aromatic carbocycles. The Kier molecular flexibility index (Phi) is 8.09. The van der Waals surface area contributed by atoms with E-state index in [1.165, 1.54) is 37.0 Å². The summed E-state index contributed by atoms with van der Waals surface area (Å²) in [5, 5.41) is 6.94. The molecule has 29 heavy (non-hydrogen) atoms. The van der Waals surface area contributed by atoms with Gasteiger partial charge < -0.3 is 15.4 Å². The van der Waals surface area contributed by atoms with Crippen LogP contribution in [0.2, 0.25) is 5.02 Å². The number of hydrogen-bond acceptors (Lipinski definition) is 3. The van der Waals surface area contributed by atoms with Gasteiger partial charge in [-0.05, 0) is 81.0 Å². The highest BCUT2D eigenvalue weighted by molar-refractivity contribution is 7.80. The Hall–Kier alpha value is -1.89. The van der Waals surface area contributed by atoms with Crippen LogP contribution in [0.4, 0.5) is 10.1 Å². The third-order valence-electron chi connectivity index (χ3n) is 5.04. The first-order valence-electron chi connectivity index (χ1n) is 10.0. The van der Waals surface area contributed by atoms with E-state index in [0.29, 0.717) is 24.0 Å². The zero-order chi connectivity index (χ0) is 20.6. The van der Waals surface area contributed by atoms with Crippen LogP contribution in [-0.2, 0) is 0 Å². The van der Waals surface area contributed by atoms with Crippen molar-refractivity contribution in [2.75, 3.05) is 31.6 Å². The Morgan fingerprint density at radius 2 is 1.90 bits per heavy atom. The van der Waals surface area contributed by atoms with Crippen molar-refractivity contribution in [1.29, 1.82) is 0 Å². The summed E-state index contributed by atoms with van der Waals surface area (Å²) in [4.78, 5) is 2.50. The molecule has 1 aliphatic heterocycles. The zero-order valence-electron chi connectivity index (χ0n) is 16.6. The number of likely N-dealkylation sites (tertiary alicyclic amines) is 1. The Labute approximate surface area is 182 Å². The summed E-state index contributed by atoms with van der Waals surface area (Å²) in [6, 6.07) is 13.0. The van der Waals surface area contributed by atoms with Crippen molar-refractivity contribution >= 4 is 34.6 Å². The van der Waals surface area contributed by atoms with Crippen molar-refractivity contribution in [3.8, 4) is 5.75 Å². The predicted molar refractivity (Wildman–Crippen MR) is 121 cm³/mol. The number of halogens is 2. The molecule has 7 heteroatoms. The van der Waals surface area contributed by atoms with Crippen molar-refractivity contribution < 1.29 is 9.13 Å². The maximum absolute atomic E-state index is 13.3. The van der Waals surface area contributed by atoms with E-state index in [0.717, 1.165) is 18.8 Å².